The molecule has 0 spiro atoms. The topological polar surface area (TPSA) is 91.8 Å². The molecule has 0 N–H and O–H groups in total. The highest BCUT2D eigenvalue weighted by Crippen LogP contribution is 2.28. The van der Waals surface area contributed by atoms with E-state index in [0.29, 0.717) is 12.8 Å². The Bertz CT molecular complexity index is 925. The minimum atomic E-state index is -3.71. The van der Waals surface area contributed by atoms with E-state index in [9.17, 15) is 21.6 Å². The van der Waals surface area contributed by atoms with Gasteiger partial charge in [0.25, 0.3) is 5.91 Å². The molecule has 0 radical (unpaired) electrons. The smallest absolute Gasteiger partial charge is 0.253 e. The van der Waals surface area contributed by atoms with Crippen LogP contribution in [0.5, 0.6) is 0 Å². The maximum absolute atomic E-state index is 13.0. The van der Waals surface area contributed by atoms with Crippen LogP contribution in [-0.4, -0.2) is 69.6 Å². The standard InChI is InChI=1S/C19H30N2O5S2/c1-14(2)21(4)28(25,26)16-10-8-9-15(13-16)19(22)20(3)17-11-6-7-12-18(17)27(5,23)24/h8-10,13-14,17-18H,6-7,11-12H2,1-5H3/t17-,18-/m1/s1. The fraction of sp³-hybridized carbons (Fsp3) is 0.632. The molecule has 7 nitrogen and oxygen atoms in total. The Kier molecular flexibility index (Phi) is 6.94. The van der Waals surface area contributed by atoms with E-state index in [2.05, 4.69) is 0 Å². The third-order valence-corrected chi connectivity index (χ3v) is 9.20. The maximum atomic E-state index is 13.0. The molecular formula is C19H30N2O5S2. The van der Waals surface area contributed by atoms with E-state index in [4.69, 9.17) is 0 Å². The largest absolute Gasteiger partial charge is 0.337 e. The van der Waals surface area contributed by atoms with Gasteiger partial charge in [-0.2, -0.15) is 4.31 Å². The number of hydrogen-bond acceptors (Lipinski definition) is 5. The normalized spacial score (nSPS) is 21.1. The van der Waals surface area contributed by atoms with Gasteiger partial charge in [-0.05, 0) is 44.9 Å². The van der Waals surface area contributed by atoms with E-state index in [0.717, 1.165) is 12.8 Å². The molecule has 0 aliphatic heterocycles. The Morgan fingerprint density at radius 2 is 1.68 bits per heavy atom. The van der Waals surface area contributed by atoms with Crippen LogP contribution in [0, 0.1) is 0 Å². The lowest BCUT2D eigenvalue weighted by molar-refractivity contribution is 0.0700. The van der Waals surface area contributed by atoms with Crippen molar-refractivity contribution in [3.8, 4) is 0 Å². The van der Waals surface area contributed by atoms with E-state index < -0.39 is 31.2 Å². The molecule has 158 valence electrons. The van der Waals surface area contributed by atoms with Crippen LogP contribution >= 0.6 is 0 Å². The lowest BCUT2D eigenvalue weighted by Crippen LogP contribution is -2.49. The highest BCUT2D eigenvalue weighted by atomic mass is 32.2. The van der Waals surface area contributed by atoms with Gasteiger partial charge in [-0.3, -0.25) is 4.79 Å². The number of nitrogens with zero attached hydrogens (tertiary/aromatic N) is 2. The molecule has 1 aliphatic rings. The predicted molar refractivity (Wildman–Crippen MR) is 110 cm³/mol. The molecule has 2 rings (SSSR count). The van der Waals surface area contributed by atoms with Crippen molar-refractivity contribution in [3.63, 3.8) is 0 Å². The Balaban J connectivity index is 2.34. The fourth-order valence-electron chi connectivity index (χ4n) is 3.61. The molecular weight excluding hydrogens is 400 g/mol. The molecule has 1 saturated carbocycles. The number of rotatable bonds is 6. The first-order valence-corrected chi connectivity index (χ1v) is 12.8. The van der Waals surface area contributed by atoms with Gasteiger partial charge in [0.1, 0.15) is 0 Å². The molecule has 0 heterocycles. The third kappa shape index (κ3) is 4.75. The number of carbonyl (C=O) groups is 1. The second-order valence-electron chi connectivity index (χ2n) is 7.78. The van der Waals surface area contributed by atoms with Crippen molar-refractivity contribution in [2.45, 2.75) is 61.8 Å². The Hall–Kier alpha value is -1.45. The van der Waals surface area contributed by atoms with Crippen LogP contribution in [0.25, 0.3) is 0 Å². The number of sulfonamides is 1. The van der Waals surface area contributed by atoms with E-state index in [1.165, 1.54) is 40.7 Å². The molecule has 0 unspecified atom stereocenters. The third-order valence-electron chi connectivity index (χ3n) is 5.52. The summed E-state index contributed by atoms with van der Waals surface area (Å²) in [6.45, 7) is 3.55. The number of sulfone groups is 1. The minimum Gasteiger partial charge on any atom is -0.337 e. The average molecular weight is 431 g/mol. The van der Waals surface area contributed by atoms with Crippen LogP contribution in [0.3, 0.4) is 0 Å². The van der Waals surface area contributed by atoms with E-state index >= 15 is 0 Å². The summed E-state index contributed by atoms with van der Waals surface area (Å²) in [6, 6.07) is 5.30. The van der Waals surface area contributed by atoms with E-state index in [1.807, 2.05) is 0 Å². The van der Waals surface area contributed by atoms with Crippen molar-refractivity contribution in [1.82, 2.24) is 9.21 Å². The molecule has 1 aromatic carbocycles. The van der Waals surface area contributed by atoms with Crippen molar-refractivity contribution >= 4 is 25.8 Å². The lowest BCUT2D eigenvalue weighted by Gasteiger charge is -2.37. The predicted octanol–water partition coefficient (Wildman–Crippen LogP) is 2.14. The van der Waals surface area contributed by atoms with Gasteiger partial charge < -0.3 is 4.90 Å². The van der Waals surface area contributed by atoms with E-state index in [1.54, 1.807) is 27.0 Å². The summed E-state index contributed by atoms with van der Waals surface area (Å²) in [4.78, 5) is 14.5. The van der Waals surface area contributed by atoms with Gasteiger partial charge in [-0.1, -0.05) is 18.9 Å². The summed E-state index contributed by atoms with van der Waals surface area (Å²) in [6.07, 6.45) is 4.06. The second kappa shape index (κ2) is 8.51. The SMILES string of the molecule is CC(C)N(C)S(=O)(=O)c1cccc(C(=O)N(C)[C@@H]2CCCC[C@H]2S(C)(=O)=O)c1. The van der Waals surface area contributed by atoms with Crippen LogP contribution < -0.4 is 0 Å². The monoisotopic (exact) mass is 430 g/mol. The van der Waals surface area contributed by atoms with Gasteiger partial charge in [-0.15, -0.1) is 0 Å². The number of carbonyl (C=O) groups excluding carboxylic acids is 1. The molecule has 2 atom stereocenters. The summed E-state index contributed by atoms with van der Waals surface area (Å²) >= 11 is 0. The Morgan fingerprint density at radius 1 is 1.07 bits per heavy atom. The molecule has 1 fully saturated rings. The summed E-state index contributed by atoms with van der Waals surface area (Å²) < 4.78 is 51.0. The molecule has 28 heavy (non-hydrogen) atoms. The molecule has 9 heteroatoms. The first kappa shape index (κ1) is 22.8. The van der Waals surface area contributed by atoms with Crippen molar-refractivity contribution in [3.05, 3.63) is 29.8 Å². The first-order valence-electron chi connectivity index (χ1n) is 9.41. The van der Waals surface area contributed by atoms with Crippen LogP contribution in [0.4, 0.5) is 0 Å². The van der Waals surface area contributed by atoms with Gasteiger partial charge in [0.15, 0.2) is 9.84 Å². The zero-order valence-electron chi connectivity index (χ0n) is 17.1. The molecule has 0 aromatic heterocycles. The molecule has 1 aromatic rings. The summed E-state index contributed by atoms with van der Waals surface area (Å²) in [5.41, 5.74) is 0.235. The zero-order valence-corrected chi connectivity index (χ0v) is 18.8. The Labute approximate surface area is 168 Å². The van der Waals surface area contributed by atoms with Crippen molar-refractivity contribution in [1.29, 1.82) is 0 Å². The quantitative estimate of drug-likeness (QED) is 0.689. The molecule has 0 bridgehead atoms. The molecule has 1 amide bonds. The van der Waals surface area contributed by atoms with Crippen molar-refractivity contribution in [2.24, 2.45) is 0 Å². The van der Waals surface area contributed by atoms with Gasteiger partial charge in [0.05, 0.1) is 10.1 Å². The summed E-state index contributed by atoms with van der Waals surface area (Å²) in [7, 11) is -3.90. The van der Waals surface area contributed by atoms with Gasteiger partial charge in [0.2, 0.25) is 10.0 Å². The van der Waals surface area contributed by atoms with E-state index in [-0.39, 0.29) is 22.4 Å². The number of benzene rings is 1. The average Bonchev–Trinajstić information content (AvgIpc) is 2.65. The van der Waals surface area contributed by atoms with Crippen LogP contribution in [0.15, 0.2) is 29.2 Å². The molecule has 1 aliphatic carbocycles. The van der Waals surface area contributed by atoms with Crippen LogP contribution in [0.1, 0.15) is 49.9 Å². The van der Waals surface area contributed by atoms with Crippen LogP contribution in [-0.2, 0) is 19.9 Å². The number of hydrogen-bond donors (Lipinski definition) is 0. The summed E-state index contributed by atoms with van der Waals surface area (Å²) in [5, 5.41) is -0.589. The molecule has 0 saturated heterocycles. The Morgan fingerprint density at radius 3 is 2.25 bits per heavy atom. The lowest BCUT2D eigenvalue weighted by atomic mass is 9.93. The van der Waals surface area contributed by atoms with Gasteiger partial charge in [0, 0.05) is 38.0 Å². The second-order valence-corrected chi connectivity index (χ2v) is 12.0. The van der Waals surface area contributed by atoms with Crippen molar-refractivity contribution < 1.29 is 21.6 Å². The highest BCUT2D eigenvalue weighted by molar-refractivity contribution is 7.91. The minimum absolute atomic E-state index is 0.0475. The zero-order chi connectivity index (χ0) is 21.3. The van der Waals surface area contributed by atoms with Gasteiger partial charge >= 0.3 is 0 Å². The van der Waals surface area contributed by atoms with Gasteiger partial charge in [-0.25, -0.2) is 16.8 Å². The fourth-order valence-corrected chi connectivity index (χ4v) is 6.51. The first-order chi connectivity index (χ1) is 12.9. The summed E-state index contributed by atoms with van der Waals surface area (Å²) in [5.74, 6) is -0.371. The highest BCUT2D eigenvalue weighted by Gasteiger charge is 2.37. The maximum Gasteiger partial charge on any atom is 0.253 e. The number of amides is 1. The van der Waals surface area contributed by atoms with Crippen LogP contribution in [0.2, 0.25) is 0 Å². The van der Waals surface area contributed by atoms with Crippen molar-refractivity contribution in [2.75, 3.05) is 20.4 Å².